The van der Waals surface area contributed by atoms with E-state index in [1.807, 2.05) is 42.5 Å². The van der Waals surface area contributed by atoms with Gasteiger partial charge in [0.25, 0.3) is 0 Å². The van der Waals surface area contributed by atoms with E-state index in [2.05, 4.69) is 0 Å². The topological polar surface area (TPSA) is 46.5 Å². The Labute approximate surface area is 118 Å². The molecule has 102 valence electrons. The molecule has 0 radical (unpaired) electrons. The summed E-state index contributed by atoms with van der Waals surface area (Å²) in [5.41, 5.74) is 2.62. The highest BCUT2D eigenvalue weighted by atomic mass is 16.5. The second-order valence-corrected chi connectivity index (χ2v) is 4.23. The lowest BCUT2D eigenvalue weighted by Gasteiger charge is -2.05. The molecule has 0 saturated carbocycles. The van der Waals surface area contributed by atoms with E-state index in [1.54, 1.807) is 19.1 Å². The molecule has 2 aromatic rings. The Morgan fingerprint density at radius 1 is 1.15 bits per heavy atom. The van der Waals surface area contributed by atoms with E-state index >= 15 is 0 Å². The molecule has 3 nitrogen and oxygen atoms in total. The van der Waals surface area contributed by atoms with Crippen molar-refractivity contribution in [3.8, 4) is 16.9 Å². The Bertz CT molecular complexity index is 615. The SMILES string of the molecule is CCOC(=O)/C=C/c1cc(-c2ccccc2)ccc1O. The normalized spacial score (nSPS) is 10.7. The van der Waals surface area contributed by atoms with Gasteiger partial charge in [-0.15, -0.1) is 0 Å². The summed E-state index contributed by atoms with van der Waals surface area (Å²) in [5.74, 6) is -0.290. The lowest BCUT2D eigenvalue weighted by molar-refractivity contribution is -0.137. The second kappa shape index (κ2) is 6.57. The second-order valence-electron chi connectivity index (χ2n) is 4.23. The molecule has 0 saturated heterocycles. The predicted octanol–water partition coefficient (Wildman–Crippen LogP) is 3.64. The molecule has 0 aromatic heterocycles. The van der Waals surface area contributed by atoms with Gasteiger partial charge >= 0.3 is 5.97 Å². The van der Waals surface area contributed by atoms with Crippen LogP contribution in [-0.2, 0) is 9.53 Å². The highest BCUT2D eigenvalue weighted by molar-refractivity contribution is 5.88. The van der Waals surface area contributed by atoms with E-state index in [4.69, 9.17) is 4.74 Å². The molecule has 0 aliphatic carbocycles. The summed E-state index contributed by atoms with van der Waals surface area (Å²) in [5, 5.41) is 9.82. The number of hydrogen-bond donors (Lipinski definition) is 1. The van der Waals surface area contributed by atoms with E-state index < -0.39 is 5.97 Å². The van der Waals surface area contributed by atoms with Crippen LogP contribution in [0.15, 0.2) is 54.6 Å². The summed E-state index contributed by atoms with van der Waals surface area (Å²) in [6.45, 7) is 2.08. The number of phenols is 1. The molecule has 2 aromatic carbocycles. The van der Waals surface area contributed by atoms with Gasteiger partial charge in [0.05, 0.1) is 6.61 Å². The zero-order chi connectivity index (χ0) is 14.4. The van der Waals surface area contributed by atoms with Crippen molar-refractivity contribution in [3.05, 3.63) is 60.2 Å². The van der Waals surface area contributed by atoms with Crippen molar-refractivity contribution in [2.24, 2.45) is 0 Å². The summed E-state index contributed by atoms with van der Waals surface area (Å²) >= 11 is 0. The first-order chi connectivity index (χ1) is 9.70. The van der Waals surface area contributed by atoms with Crippen LogP contribution in [0.4, 0.5) is 0 Å². The van der Waals surface area contributed by atoms with E-state index in [0.29, 0.717) is 12.2 Å². The van der Waals surface area contributed by atoms with Gasteiger partial charge in [0, 0.05) is 11.6 Å². The molecule has 20 heavy (non-hydrogen) atoms. The van der Waals surface area contributed by atoms with Gasteiger partial charge < -0.3 is 9.84 Å². The summed E-state index contributed by atoms with van der Waals surface area (Å²) in [6.07, 6.45) is 2.87. The first-order valence-electron chi connectivity index (χ1n) is 6.44. The molecule has 0 unspecified atom stereocenters. The number of ether oxygens (including phenoxy) is 1. The van der Waals surface area contributed by atoms with Crippen molar-refractivity contribution in [2.45, 2.75) is 6.92 Å². The summed E-state index contributed by atoms with van der Waals surface area (Å²) in [4.78, 5) is 11.3. The van der Waals surface area contributed by atoms with Gasteiger partial charge in [-0.2, -0.15) is 0 Å². The third kappa shape index (κ3) is 3.48. The van der Waals surface area contributed by atoms with Crippen molar-refractivity contribution in [2.75, 3.05) is 6.61 Å². The van der Waals surface area contributed by atoms with Crippen LogP contribution in [0.1, 0.15) is 12.5 Å². The molecule has 3 heteroatoms. The van der Waals surface area contributed by atoms with Crippen LogP contribution in [0.3, 0.4) is 0 Å². The Hall–Kier alpha value is -2.55. The highest BCUT2D eigenvalue weighted by Crippen LogP contribution is 2.26. The number of hydrogen-bond acceptors (Lipinski definition) is 3. The van der Waals surface area contributed by atoms with Crippen LogP contribution in [-0.4, -0.2) is 17.7 Å². The van der Waals surface area contributed by atoms with Crippen molar-refractivity contribution in [1.29, 1.82) is 0 Å². The highest BCUT2D eigenvalue weighted by Gasteiger charge is 2.03. The lowest BCUT2D eigenvalue weighted by atomic mass is 10.0. The Kier molecular flexibility index (Phi) is 4.56. The van der Waals surface area contributed by atoms with Crippen LogP contribution in [0.25, 0.3) is 17.2 Å². The van der Waals surface area contributed by atoms with Gasteiger partial charge in [0.1, 0.15) is 5.75 Å². The standard InChI is InChI=1S/C17H16O3/c1-2-20-17(19)11-9-15-12-14(8-10-16(15)18)13-6-4-3-5-7-13/h3-12,18H,2H2,1H3/b11-9+. The molecule has 0 aliphatic heterocycles. The maximum absolute atomic E-state index is 11.3. The number of esters is 1. The van der Waals surface area contributed by atoms with Gasteiger partial charge in [-0.3, -0.25) is 0 Å². The average Bonchev–Trinajstić information content (AvgIpc) is 2.47. The number of aromatic hydroxyl groups is 1. The molecule has 2 rings (SSSR count). The molecule has 0 bridgehead atoms. The van der Waals surface area contributed by atoms with Gasteiger partial charge in [-0.1, -0.05) is 36.4 Å². The maximum Gasteiger partial charge on any atom is 0.330 e. The zero-order valence-corrected chi connectivity index (χ0v) is 11.2. The van der Waals surface area contributed by atoms with Gasteiger partial charge in [-0.25, -0.2) is 4.79 Å². The molecular formula is C17H16O3. The molecule has 1 N–H and O–H groups in total. The smallest absolute Gasteiger partial charge is 0.330 e. The number of benzene rings is 2. The monoisotopic (exact) mass is 268 g/mol. The average molecular weight is 268 g/mol. The van der Waals surface area contributed by atoms with E-state index in [0.717, 1.165) is 11.1 Å². The van der Waals surface area contributed by atoms with Gasteiger partial charge in [-0.05, 0) is 36.3 Å². The largest absolute Gasteiger partial charge is 0.507 e. The molecule has 0 amide bonds. The predicted molar refractivity (Wildman–Crippen MR) is 79.2 cm³/mol. The molecule has 0 spiro atoms. The third-order valence-corrected chi connectivity index (χ3v) is 2.82. The molecular weight excluding hydrogens is 252 g/mol. The molecule has 0 heterocycles. The number of carbonyl (C=O) groups is 1. The van der Waals surface area contributed by atoms with Gasteiger partial charge in [0.15, 0.2) is 0 Å². The number of phenolic OH excluding ortho intramolecular Hbond substituents is 1. The number of carbonyl (C=O) groups excluding carboxylic acids is 1. The fraction of sp³-hybridized carbons (Fsp3) is 0.118. The third-order valence-electron chi connectivity index (χ3n) is 2.82. The summed E-state index contributed by atoms with van der Waals surface area (Å²) in [7, 11) is 0. The summed E-state index contributed by atoms with van der Waals surface area (Å²) in [6, 6.07) is 15.1. The van der Waals surface area contributed by atoms with Crippen LogP contribution in [0, 0.1) is 0 Å². The lowest BCUT2D eigenvalue weighted by Crippen LogP contribution is -1.98. The van der Waals surface area contributed by atoms with Crippen LogP contribution < -0.4 is 0 Å². The van der Waals surface area contributed by atoms with E-state index in [-0.39, 0.29) is 5.75 Å². The van der Waals surface area contributed by atoms with E-state index in [1.165, 1.54) is 6.08 Å². The number of rotatable bonds is 4. The van der Waals surface area contributed by atoms with Gasteiger partial charge in [0.2, 0.25) is 0 Å². The minimum Gasteiger partial charge on any atom is -0.507 e. The summed E-state index contributed by atoms with van der Waals surface area (Å²) < 4.78 is 4.81. The quantitative estimate of drug-likeness (QED) is 0.680. The minimum atomic E-state index is -0.419. The van der Waals surface area contributed by atoms with E-state index in [9.17, 15) is 9.90 Å². The van der Waals surface area contributed by atoms with Crippen LogP contribution >= 0.6 is 0 Å². The van der Waals surface area contributed by atoms with Crippen molar-refractivity contribution in [3.63, 3.8) is 0 Å². The Morgan fingerprint density at radius 3 is 2.60 bits per heavy atom. The maximum atomic E-state index is 11.3. The Balaban J connectivity index is 2.28. The first-order valence-corrected chi connectivity index (χ1v) is 6.44. The zero-order valence-electron chi connectivity index (χ0n) is 11.2. The van der Waals surface area contributed by atoms with Crippen molar-refractivity contribution >= 4 is 12.0 Å². The molecule has 0 aliphatic rings. The Morgan fingerprint density at radius 2 is 1.90 bits per heavy atom. The van der Waals surface area contributed by atoms with Crippen molar-refractivity contribution in [1.82, 2.24) is 0 Å². The minimum absolute atomic E-state index is 0.130. The van der Waals surface area contributed by atoms with Crippen LogP contribution in [0.2, 0.25) is 0 Å². The van der Waals surface area contributed by atoms with Crippen molar-refractivity contribution < 1.29 is 14.6 Å². The van der Waals surface area contributed by atoms with Crippen LogP contribution in [0.5, 0.6) is 5.75 Å². The first kappa shape index (κ1) is 13.9. The fourth-order valence-corrected chi connectivity index (χ4v) is 1.85. The molecule has 0 fully saturated rings. The molecule has 0 atom stereocenters. The fourth-order valence-electron chi connectivity index (χ4n) is 1.85.